The summed E-state index contributed by atoms with van der Waals surface area (Å²) in [7, 11) is 3.69. The average Bonchev–Trinajstić information content (AvgIpc) is 3.49. The Bertz CT molecular complexity index is 1490. The second-order valence-corrected chi connectivity index (χ2v) is 8.68. The molecule has 1 aromatic carbocycles. The molecule has 0 aliphatic carbocycles. The molecule has 8 nitrogen and oxygen atoms in total. The third-order valence-electron chi connectivity index (χ3n) is 6.06. The molecule has 0 radical (unpaired) electrons. The summed E-state index contributed by atoms with van der Waals surface area (Å²) >= 11 is 0. The number of rotatable bonds is 6. The minimum Gasteiger partial charge on any atom is -0.493 e. The van der Waals surface area contributed by atoms with Gasteiger partial charge < -0.3 is 15.0 Å². The van der Waals surface area contributed by atoms with Gasteiger partial charge in [0.15, 0.2) is 11.3 Å². The number of ether oxygens (including phenoxy) is 1. The van der Waals surface area contributed by atoms with Crippen molar-refractivity contribution < 1.29 is 13.5 Å². The van der Waals surface area contributed by atoms with Crippen molar-refractivity contribution in [2.24, 2.45) is 0 Å². The summed E-state index contributed by atoms with van der Waals surface area (Å²) < 4.78 is 36.8. The topological polar surface area (TPSA) is 91.4 Å². The summed E-state index contributed by atoms with van der Waals surface area (Å²) in [5.41, 5.74) is 3.79. The molecular formula is C25H23F2N7O. The molecule has 35 heavy (non-hydrogen) atoms. The number of imidazole rings is 1. The second kappa shape index (κ2) is 8.92. The van der Waals surface area contributed by atoms with Gasteiger partial charge >= 0.3 is 0 Å². The highest BCUT2D eigenvalue weighted by atomic mass is 19.1. The Morgan fingerprint density at radius 3 is 2.77 bits per heavy atom. The lowest BCUT2D eigenvalue weighted by molar-refractivity contribution is 0.356. The summed E-state index contributed by atoms with van der Waals surface area (Å²) in [5.74, 6) is 0.352. The maximum absolute atomic E-state index is 15.1. The van der Waals surface area contributed by atoms with Crippen molar-refractivity contribution in [3.05, 3.63) is 70.4 Å². The van der Waals surface area contributed by atoms with Gasteiger partial charge in [-0.05, 0) is 38.7 Å². The number of nitrogens with one attached hydrogen (secondary N) is 1. The molecule has 1 N–H and O–H groups in total. The van der Waals surface area contributed by atoms with Crippen molar-refractivity contribution >= 4 is 11.6 Å². The normalized spacial score (nSPS) is 12.6. The van der Waals surface area contributed by atoms with Crippen molar-refractivity contribution in [3.63, 3.8) is 0 Å². The van der Waals surface area contributed by atoms with Crippen LogP contribution in [0.4, 0.5) is 14.7 Å². The van der Waals surface area contributed by atoms with E-state index in [0.717, 1.165) is 5.56 Å². The smallest absolute Gasteiger partial charge is 0.208 e. The highest BCUT2D eigenvalue weighted by Crippen LogP contribution is 2.32. The Labute approximate surface area is 200 Å². The van der Waals surface area contributed by atoms with Gasteiger partial charge in [-0.15, -0.1) is 0 Å². The molecule has 10 heteroatoms. The van der Waals surface area contributed by atoms with Gasteiger partial charge in [0.05, 0.1) is 18.5 Å². The number of benzene rings is 1. The molecule has 0 atom stereocenters. The van der Waals surface area contributed by atoms with Crippen LogP contribution in [0.1, 0.15) is 28.1 Å². The van der Waals surface area contributed by atoms with Gasteiger partial charge in [-0.3, -0.25) is 9.38 Å². The number of hydrogen-bond donors (Lipinski definition) is 1. The Hall–Kier alpha value is -4.10. The van der Waals surface area contributed by atoms with Gasteiger partial charge in [0.2, 0.25) is 5.95 Å². The van der Waals surface area contributed by atoms with E-state index in [4.69, 9.17) is 4.74 Å². The summed E-state index contributed by atoms with van der Waals surface area (Å²) in [5, 5.41) is 12.6. The number of nitriles is 1. The van der Waals surface area contributed by atoms with Crippen LogP contribution in [0.3, 0.4) is 0 Å². The number of halogens is 2. The van der Waals surface area contributed by atoms with E-state index in [-0.39, 0.29) is 23.9 Å². The van der Waals surface area contributed by atoms with Crippen molar-refractivity contribution in [2.75, 3.05) is 26.0 Å². The summed E-state index contributed by atoms with van der Waals surface area (Å²) in [6, 6.07) is 5.07. The van der Waals surface area contributed by atoms with E-state index < -0.39 is 0 Å². The Kier molecular flexibility index (Phi) is 5.78. The fraction of sp³-hybridized carbons (Fsp3) is 0.280. The van der Waals surface area contributed by atoms with E-state index in [1.165, 1.54) is 6.07 Å². The fourth-order valence-corrected chi connectivity index (χ4v) is 4.34. The van der Waals surface area contributed by atoms with E-state index in [1.807, 2.05) is 25.1 Å². The van der Waals surface area contributed by atoms with Crippen LogP contribution in [-0.2, 0) is 19.5 Å². The minimum atomic E-state index is -0.390. The summed E-state index contributed by atoms with van der Waals surface area (Å²) in [6.45, 7) is 2.75. The number of fused-ring (bicyclic) bond motifs is 2. The molecule has 5 rings (SSSR count). The lowest BCUT2D eigenvalue weighted by Gasteiger charge is -2.15. The summed E-state index contributed by atoms with van der Waals surface area (Å²) in [6.07, 6.45) is 5.35. The van der Waals surface area contributed by atoms with Gasteiger partial charge in [-0.2, -0.15) is 5.26 Å². The van der Waals surface area contributed by atoms with Crippen LogP contribution in [-0.4, -0.2) is 45.0 Å². The van der Waals surface area contributed by atoms with E-state index in [2.05, 4.69) is 20.3 Å². The van der Waals surface area contributed by atoms with Gasteiger partial charge in [0.1, 0.15) is 23.5 Å². The molecule has 0 amide bonds. The van der Waals surface area contributed by atoms with Crippen molar-refractivity contribution in [1.29, 1.82) is 5.26 Å². The summed E-state index contributed by atoms with van der Waals surface area (Å²) in [4.78, 5) is 15.1. The molecular weight excluding hydrogens is 452 g/mol. The number of hydrogen-bond acceptors (Lipinski definition) is 7. The van der Waals surface area contributed by atoms with Gasteiger partial charge in [-0.1, -0.05) is 0 Å². The number of pyridine rings is 1. The number of anilines is 1. The molecule has 0 saturated heterocycles. The molecule has 4 heterocycles. The predicted molar refractivity (Wildman–Crippen MR) is 126 cm³/mol. The van der Waals surface area contributed by atoms with Crippen LogP contribution in [0.2, 0.25) is 0 Å². The molecule has 3 aromatic heterocycles. The third kappa shape index (κ3) is 4.04. The molecule has 0 spiro atoms. The van der Waals surface area contributed by atoms with Crippen molar-refractivity contribution in [1.82, 2.24) is 24.3 Å². The molecule has 0 unspecified atom stereocenters. The molecule has 4 aromatic rings. The average molecular weight is 476 g/mol. The van der Waals surface area contributed by atoms with Gasteiger partial charge in [0.25, 0.3) is 0 Å². The minimum absolute atomic E-state index is 0.175. The molecule has 0 bridgehead atoms. The van der Waals surface area contributed by atoms with Crippen molar-refractivity contribution in [2.45, 2.75) is 26.4 Å². The maximum atomic E-state index is 15.1. The van der Waals surface area contributed by atoms with Crippen LogP contribution < -0.4 is 10.1 Å². The van der Waals surface area contributed by atoms with Crippen LogP contribution >= 0.6 is 0 Å². The zero-order chi connectivity index (χ0) is 24.7. The van der Waals surface area contributed by atoms with E-state index in [9.17, 15) is 9.65 Å². The highest BCUT2D eigenvalue weighted by molar-refractivity contribution is 5.80. The Balaban J connectivity index is 1.54. The molecule has 0 fully saturated rings. The van der Waals surface area contributed by atoms with Crippen LogP contribution in [0.15, 0.2) is 30.7 Å². The maximum Gasteiger partial charge on any atom is 0.208 e. The molecule has 1 aliphatic heterocycles. The number of nitrogens with zero attached hydrogens (tertiary/aromatic N) is 6. The first-order chi connectivity index (χ1) is 16.9. The third-order valence-corrected chi connectivity index (χ3v) is 6.06. The van der Waals surface area contributed by atoms with E-state index >= 15 is 4.39 Å². The van der Waals surface area contributed by atoms with Crippen LogP contribution in [0.25, 0.3) is 16.8 Å². The fourth-order valence-electron chi connectivity index (χ4n) is 4.34. The first kappa shape index (κ1) is 22.7. The largest absolute Gasteiger partial charge is 0.493 e. The van der Waals surface area contributed by atoms with Gasteiger partial charge in [-0.25, -0.2) is 18.7 Å². The molecule has 178 valence electrons. The van der Waals surface area contributed by atoms with Gasteiger partial charge in [0, 0.05) is 54.2 Å². The SMILES string of the molecule is Cc1c(-c2cnc(NCc3c(F)ccc4c3CCO4)n3cc(C#N)nc23)cnc(CN(C)C)c1F. The highest BCUT2D eigenvalue weighted by Gasteiger charge is 2.21. The molecule has 0 saturated carbocycles. The predicted octanol–water partition coefficient (Wildman–Crippen LogP) is 3.86. The monoisotopic (exact) mass is 475 g/mol. The van der Waals surface area contributed by atoms with Crippen LogP contribution in [0.5, 0.6) is 5.75 Å². The lowest BCUT2D eigenvalue weighted by Crippen LogP contribution is -2.14. The van der Waals surface area contributed by atoms with Crippen LogP contribution in [0, 0.1) is 29.9 Å². The Morgan fingerprint density at radius 2 is 2.00 bits per heavy atom. The van der Waals surface area contributed by atoms with E-state index in [0.29, 0.717) is 64.9 Å². The standard InChI is InChI=1S/C25H23F2N7O/c1-14-17(9-29-21(23(14)27)13-33(2)3)19-11-31-25(34-12-15(8-28)32-24(19)34)30-10-18-16-6-7-35-22(16)5-4-20(18)26/h4-5,9,11-12H,6-7,10,13H2,1-3H3,(H,30,31). The van der Waals surface area contributed by atoms with E-state index in [1.54, 1.807) is 36.0 Å². The van der Waals surface area contributed by atoms with Crippen molar-refractivity contribution in [3.8, 4) is 22.9 Å². The Morgan fingerprint density at radius 1 is 1.20 bits per heavy atom. The zero-order valence-corrected chi connectivity index (χ0v) is 19.6. The first-order valence-electron chi connectivity index (χ1n) is 11.1. The number of aromatic nitrogens is 4. The second-order valence-electron chi connectivity index (χ2n) is 8.68. The zero-order valence-electron chi connectivity index (χ0n) is 19.6. The quantitative estimate of drug-likeness (QED) is 0.453. The first-order valence-corrected chi connectivity index (χ1v) is 11.1. The molecule has 1 aliphatic rings. The lowest BCUT2D eigenvalue weighted by atomic mass is 10.0.